The summed E-state index contributed by atoms with van der Waals surface area (Å²) in [6.07, 6.45) is 1.45. The number of anilines is 3. The van der Waals surface area contributed by atoms with Crippen molar-refractivity contribution in [1.29, 1.82) is 0 Å². The molecule has 7 heteroatoms. The smallest absolute Gasteiger partial charge is 0.274 e. The zero-order valence-corrected chi connectivity index (χ0v) is 13.5. The maximum absolute atomic E-state index is 13.6. The fourth-order valence-corrected chi connectivity index (χ4v) is 2.33. The largest absolute Gasteiger partial charge is 0.355 e. The minimum Gasteiger partial charge on any atom is -0.355 e. The molecule has 0 saturated heterocycles. The van der Waals surface area contributed by atoms with Gasteiger partial charge in [-0.1, -0.05) is 17.7 Å². The quantitative estimate of drug-likeness (QED) is 0.688. The number of benzene rings is 2. The number of hydrogen-bond donors (Lipinski definition) is 2. The average molecular weight is 360 g/mol. The van der Waals surface area contributed by atoms with Gasteiger partial charge in [0.25, 0.3) is 5.91 Å². The average Bonchev–Trinajstić information content (AvgIpc) is 2.57. The number of carbonyl (C=O) groups is 1. The van der Waals surface area contributed by atoms with Gasteiger partial charge in [0.05, 0.1) is 5.69 Å². The monoisotopic (exact) mass is 359 g/mol. The molecule has 2 aromatic carbocycles. The topological polar surface area (TPSA) is 54.0 Å². The Balaban J connectivity index is 1.77. The predicted octanol–water partition coefficient (Wildman–Crippen LogP) is 5.01. The van der Waals surface area contributed by atoms with Crippen LogP contribution in [0.15, 0.2) is 60.8 Å². The van der Waals surface area contributed by atoms with Gasteiger partial charge in [-0.05, 0) is 42.5 Å². The molecule has 0 spiro atoms. The Kier molecular flexibility index (Phi) is 4.90. The number of rotatable bonds is 4. The van der Waals surface area contributed by atoms with Gasteiger partial charge in [0.2, 0.25) is 0 Å². The molecule has 0 aliphatic heterocycles. The molecule has 1 amide bonds. The lowest BCUT2D eigenvalue weighted by Crippen LogP contribution is -2.14. The van der Waals surface area contributed by atoms with Crippen molar-refractivity contribution in [2.24, 2.45) is 0 Å². The first-order chi connectivity index (χ1) is 12.0. The van der Waals surface area contributed by atoms with Gasteiger partial charge in [-0.2, -0.15) is 0 Å². The number of hydrogen-bond acceptors (Lipinski definition) is 3. The molecule has 4 nitrogen and oxygen atoms in total. The highest BCUT2D eigenvalue weighted by molar-refractivity contribution is 6.30. The molecule has 0 fully saturated rings. The third-order valence-electron chi connectivity index (χ3n) is 3.29. The van der Waals surface area contributed by atoms with Gasteiger partial charge in [0.15, 0.2) is 0 Å². The standard InChI is InChI=1S/C18H12ClF2N3O/c19-11-2-1-3-13(8-11)23-14-6-7-22-17(10-14)18(25)24-16-5-4-12(20)9-15(16)21/h1-10H,(H,22,23)(H,24,25). The molecule has 0 aliphatic rings. The van der Waals surface area contributed by atoms with Crippen molar-refractivity contribution in [1.82, 2.24) is 4.98 Å². The number of aromatic nitrogens is 1. The summed E-state index contributed by atoms with van der Waals surface area (Å²) in [7, 11) is 0. The Bertz CT molecular complexity index is 934. The van der Waals surface area contributed by atoms with Gasteiger partial charge in [-0.3, -0.25) is 9.78 Å². The molecule has 0 atom stereocenters. The Morgan fingerprint density at radius 1 is 1.00 bits per heavy atom. The van der Waals surface area contributed by atoms with Crippen molar-refractivity contribution in [2.45, 2.75) is 0 Å². The number of nitrogens with one attached hydrogen (secondary N) is 2. The molecule has 3 rings (SSSR count). The van der Waals surface area contributed by atoms with Gasteiger partial charge < -0.3 is 10.6 Å². The third-order valence-corrected chi connectivity index (χ3v) is 3.52. The minimum absolute atomic E-state index is 0.0794. The van der Waals surface area contributed by atoms with Crippen LogP contribution in [0.1, 0.15) is 10.5 Å². The number of nitrogens with zero attached hydrogens (tertiary/aromatic N) is 1. The van der Waals surface area contributed by atoms with Gasteiger partial charge in [0, 0.05) is 28.7 Å². The summed E-state index contributed by atoms with van der Waals surface area (Å²) in [5.74, 6) is -2.19. The van der Waals surface area contributed by atoms with Crippen LogP contribution in [0.25, 0.3) is 0 Å². The minimum atomic E-state index is -0.860. The number of carbonyl (C=O) groups excluding carboxylic acids is 1. The van der Waals surface area contributed by atoms with E-state index in [0.717, 1.165) is 17.8 Å². The van der Waals surface area contributed by atoms with Crippen molar-refractivity contribution in [3.05, 3.63) is 83.1 Å². The van der Waals surface area contributed by atoms with Crippen molar-refractivity contribution in [2.75, 3.05) is 10.6 Å². The van der Waals surface area contributed by atoms with E-state index in [2.05, 4.69) is 15.6 Å². The molecular formula is C18H12ClF2N3O. The van der Waals surface area contributed by atoms with Crippen molar-refractivity contribution in [3.63, 3.8) is 0 Å². The first kappa shape index (κ1) is 16.9. The van der Waals surface area contributed by atoms with E-state index in [1.165, 1.54) is 12.3 Å². The SMILES string of the molecule is O=C(Nc1ccc(F)cc1F)c1cc(Nc2cccc(Cl)c2)ccn1. The van der Waals surface area contributed by atoms with E-state index in [4.69, 9.17) is 11.6 Å². The lowest BCUT2D eigenvalue weighted by Gasteiger charge is -2.09. The summed E-state index contributed by atoms with van der Waals surface area (Å²) in [6, 6.07) is 13.2. The zero-order valence-electron chi connectivity index (χ0n) is 12.8. The van der Waals surface area contributed by atoms with E-state index < -0.39 is 17.5 Å². The van der Waals surface area contributed by atoms with Gasteiger partial charge in [-0.25, -0.2) is 8.78 Å². The molecule has 25 heavy (non-hydrogen) atoms. The Morgan fingerprint density at radius 2 is 1.80 bits per heavy atom. The maximum Gasteiger partial charge on any atom is 0.274 e. The molecule has 126 valence electrons. The summed E-state index contributed by atoms with van der Waals surface area (Å²) in [5, 5.41) is 6.03. The zero-order chi connectivity index (χ0) is 17.8. The van der Waals surface area contributed by atoms with Crippen LogP contribution in [0.3, 0.4) is 0 Å². The van der Waals surface area contributed by atoms with E-state index in [-0.39, 0.29) is 11.4 Å². The third kappa shape index (κ3) is 4.30. The highest BCUT2D eigenvalue weighted by Crippen LogP contribution is 2.21. The van der Waals surface area contributed by atoms with Crippen LogP contribution in [0.2, 0.25) is 5.02 Å². The van der Waals surface area contributed by atoms with Gasteiger partial charge in [0.1, 0.15) is 17.3 Å². The van der Waals surface area contributed by atoms with E-state index >= 15 is 0 Å². The van der Waals surface area contributed by atoms with Crippen molar-refractivity contribution < 1.29 is 13.6 Å². The molecule has 1 aromatic heterocycles. The van der Waals surface area contributed by atoms with Crippen LogP contribution < -0.4 is 10.6 Å². The van der Waals surface area contributed by atoms with E-state index in [0.29, 0.717) is 16.8 Å². The summed E-state index contributed by atoms with van der Waals surface area (Å²) >= 11 is 5.93. The van der Waals surface area contributed by atoms with Crippen LogP contribution >= 0.6 is 11.6 Å². The van der Waals surface area contributed by atoms with Crippen LogP contribution in [0.4, 0.5) is 25.8 Å². The van der Waals surface area contributed by atoms with Crippen molar-refractivity contribution >= 4 is 34.6 Å². The highest BCUT2D eigenvalue weighted by Gasteiger charge is 2.12. The van der Waals surface area contributed by atoms with E-state index in [1.807, 2.05) is 6.07 Å². The lowest BCUT2D eigenvalue weighted by molar-refractivity contribution is 0.102. The molecule has 0 saturated carbocycles. The molecule has 0 unspecified atom stereocenters. The fraction of sp³-hybridized carbons (Fsp3) is 0. The molecule has 1 heterocycles. The summed E-state index contributed by atoms with van der Waals surface area (Å²) < 4.78 is 26.5. The molecular weight excluding hydrogens is 348 g/mol. The Morgan fingerprint density at radius 3 is 2.56 bits per heavy atom. The second kappa shape index (κ2) is 7.27. The molecule has 3 aromatic rings. The first-order valence-corrected chi connectivity index (χ1v) is 7.64. The molecule has 2 N–H and O–H groups in total. The van der Waals surface area contributed by atoms with Crippen LogP contribution in [0, 0.1) is 11.6 Å². The maximum atomic E-state index is 13.6. The summed E-state index contributed by atoms with van der Waals surface area (Å²) in [4.78, 5) is 16.2. The summed E-state index contributed by atoms with van der Waals surface area (Å²) in [5.41, 5.74) is 1.31. The Labute approximate surface area is 147 Å². The molecule has 0 aliphatic carbocycles. The normalized spacial score (nSPS) is 10.4. The fourth-order valence-electron chi connectivity index (χ4n) is 2.14. The molecule has 0 radical (unpaired) electrons. The highest BCUT2D eigenvalue weighted by atomic mass is 35.5. The second-order valence-electron chi connectivity index (χ2n) is 5.14. The number of amides is 1. The van der Waals surface area contributed by atoms with Gasteiger partial charge in [-0.15, -0.1) is 0 Å². The van der Waals surface area contributed by atoms with Crippen LogP contribution in [-0.2, 0) is 0 Å². The number of pyridine rings is 1. The van der Waals surface area contributed by atoms with E-state index in [9.17, 15) is 13.6 Å². The number of halogens is 3. The predicted molar refractivity (Wildman–Crippen MR) is 93.3 cm³/mol. The van der Waals surface area contributed by atoms with Crippen LogP contribution in [0.5, 0.6) is 0 Å². The van der Waals surface area contributed by atoms with Crippen LogP contribution in [-0.4, -0.2) is 10.9 Å². The molecule has 0 bridgehead atoms. The van der Waals surface area contributed by atoms with E-state index in [1.54, 1.807) is 24.3 Å². The first-order valence-electron chi connectivity index (χ1n) is 7.26. The Hall–Kier alpha value is -2.99. The van der Waals surface area contributed by atoms with Gasteiger partial charge >= 0.3 is 0 Å². The van der Waals surface area contributed by atoms with Crippen molar-refractivity contribution in [3.8, 4) is 0 Å². The summed E-state index contributed by atoms with van der Waals surface area (Å²) in [6.45, 7) is 0. The second-order valence-corrected chi connectivity index (χ2v) is 5.58. The lowest BCUT2D eigenvalue weighted by atomic mass is 10.2.